The molecule has 0 bridgehead atoms. The van der Waals surface area contributed by atoms with Crippen molar-refractivity contribution in [2.75, 3.05) is 11.9 Å². The summed E-state index contributed by atoms with van der Waals surface area (Å²) in [6.45, 7) is 4.16. The highest BCUT2D eigenvalue weighted by molar-refractivity contribution is 5.99. The Labute approximate surface area is 151 Å². The molecule has 1 aromatic heterocycles. The van der Waals surface area contributed by atoms with Crippen LogP contribution in [0, 0.1) is 0 Å². The van der Waals surface area contributed by atoms with Gasteiger partial charge in [0.15, 0.2) is 6.61 Å². The van der Waals surface area contributed by atoms with Crippen LogP contribution in [0.1, 0.15) is 60.4 Å². The molecular formula is C19H22N4O3. The number of hydrogen-bond donors (Lipinski definition) is 2. The Balaban J connectivity index is 1.53. The molecule has 1 aromatic carbocycles. The smallest absolute Gasteiger partial charge is 0.262 e. The van der Waals surface area contributed by atoms with Crippen LogP contribution in [-0.4, -0.2) is 28.2 Å². The zero-order valence-electron chi connectivity index (χ0n) is 14.9. The molecule has 0 spiro atoms. The van der Waals surface area contributed by atoms with Gasteiger partial charge in [-0.25, -0.2) is 0 Å². The molecular weight excluding hydrogens is 332 g/mol. The molecule has 0 radical (unpaired) electrons. The molecule has 7 heteroatoms. The molecule has 7 nitrogen and oxygen atoms in total. The molecule has 0 saturated carbocycles. The fourth-order valence-electron chi connectivity index (χ4n) is 3.43. The molecule has 2 amide bonds. The lowest BCUT2D eigenvalue weighted by Crippen LogP contribution is -2.31. The lowest BCUT2D eigenvalue weighted by Gasteiger charge is -2.23. The highest BCUT2D eigenvalue weighted by Crippen LogP contribution is 2.31. The van der Waals surface area contributed by atoms with Crippen molar-refractivity contribution < 1.29 is 14.3 Å². The molecule has 0 saturated heterocycles. The van der Waals surface area contributed by atoms with Crippen LogP contribution in [0.5, 0.6) is 5.75 Å². The highest BCUT2D eigenvalue weighted by atomic mass is 16.5. The van der Waals surface area contributed by atoms with Crippen LogP contribution in [0.15, 0.2) is 24.4 Å². The standard InChI is InChI=1S/C19H22N4O3/c1-11(2)23-9-13-4-3-5-15(18(13)22-23)21-19(25)12-6-7-14-16(8-12)26-10-17(24)20-14/h6-9,11,15H,3-5,10H2,1-2H3,(H,20,24)(H,21,25). The summed E-state index contributed by atoms with van der Waals surface area (Å²) in [5.74, 6) is 0.168. The van der Waals surface area contributed by atoms with E-state index in [0.29, 0.717) is 23.0 Å². The van der Waals surface area contributed by atoms with E-state index in [0.717, 1.165) is 25.0 Å². The second kappa shape index (κ2) is 6.48. The van der Waals surface area contributed by atoms with Gasteiger partial charge < -0.3 is 15.4 Å². The van der Waals surface area contributed by atoms with E-state index in [2.05, 4.69) is 35.8 Å². The normalized spacial score (nSPS) is 18.6. The zero-order valence-corrected chi connectivity index (χ0v) is 14.9. The minimum Gasteiger partial charge on any atom is -0.482 e. The number of carbonyl (C=O) groups excluding carboxylic acids is 2. The number of carbonyl (C=O) groups is 2. The minimum absolute atomic E-state index is 0.0311. The van der Waals surface area contributed by atoms with Gasteiger partial charge in [0.1, 0.15) is 5.75 Å². The summed E-state index contributed by atoms with van der Waals surface area (Å²) >= 11 is 0. The highest BCUT2D eigenvalue weighted by Gasteiger charge is 2.26. The van der Waals surface area contributed by atoms with Crippen molar-refractivity contribution in [1.29, 1.82) is 0 Å². The maximum Gasteiger partial charge on any atom is 0.262 e. The van der Waals surface area contributed by atoms with Gasteiger partial charge in [0, 0.05) is 17.8 Å². The number of aromatic nitrogens is 2. The number of aryl methyl sites for hydroxylation is 1. The summed E-state index contributed by atoms with van der Waals surface area (Å²) < 4.78 is 7.36. The van der Waals surface area contributed by atoms with Gasteiger partial charge in [-0.1, -0.05) is 0 Å². The number of ether oxygens (including phenoxy) is 1. The lowest BCUT2D eigenvalue weighted by molar-refractivity contribution is -0.118. The largest absolute Gasteiger partial charge is 0.482 e. The first-order valence-corrected chi connectivity index (χ1v) is 8.97. The molecule has 2 aliphatic rings. The van der Waals surface area contributed by atoms with Crippen LogP contribution in [0.2, 0.25) is 0 Å². The Bertz CT molecular complexity index is 872. The van der Waals surface area contributed by atoms with Crippen molar-refractivity contribution in [2.45, 2.75) is 45.2 Å². The van der Waals surface area contributed by atoms with Gasteiger partial charge in [-0.15, -0.1) is 0 Å². The van der Waals surface area contributed by atoms with E-state index in [1.807, 2.05) is 4.68 Å². The summed E-state index contributed by atoms with van der Waals surface area (Å²) in [4.78, 5) is 24.1. The number of fused-ring (bicyclic) bond motifs is 2. The van der Waals surface area contributed by atoms with Crippen molar-refractivity contribution in [3.63, 3.8) is 0 Å². The topological polar surface area (TPSA) is 85.2 Å². The van der Waals surface area contributed by atoms with Crippen LogP contribution in [0.4, 0.5) is 5.69 Å². The third-order valence-corrected chi connectivity index (χ3v) is 4.82. The Hall–Kier alpha value is -2.83. The van der Waals surface area contributed by atoms with Crippen molar-refractivity contribution in [2.24, 2.45) is 0 Å². The summed E-state index contributed by atoms with van der Waals surface area (Å²) in [6.07, 6.45) is 5.00. The first-order chi connectivity index (χ1) is 12.5. The molecule has 1 unspecified atom stereocenters. The Morgan fingerprint density at radius 3 is 3.08 bits per heavy atom. The monoisotopic (exact) mass is 354 g/mol. The first kappa shape index (κ1) is 16.6. The van der Waals surface area contributed by atoms with E-state index in [4.69, 9.17) is 4.74 Å². The maximum absolute atomic E-state index is 12.7. The molecule has 4 rings (SSSR count). The Morgan fingerprint density at radius 1 is 1.42 bits per heavy atom. The van der Waals surface area contributed by atoms with Gasteiger partial charge in [0.05, 0.1) is 17.4 Å². The van der Waals surface area contributed by atoms with Crippen LogP contribution >= 0.6 is 0 Å². The third kappa shape index (κ3) is 3.05. The van der Waals surface area contributed by atoms with Crippen molar-refractivity contribution in [1.82, 2.24) is 15.1 Å². The second-order valence-electron chi connectivity index (χ2n) is 7.08. The fraction of sp³-hybridized carbons (Fsp3) is 0.421. The van der Waals surface area contributed by atoms with Crippen LogP contribution < -0.4 is 15.4 Å². The van der Waals surface area contributed by atoms with Crippen LogP contribution in [0.25, 0.3) is 0 Å². The van der Waals surface area contributed by atoms with E-state index >= 15 is 0 Å². The Kier molecular flexibility index (Phi) is 4.14. The number of amides is 2. The SMILES string of the molecule is CC(C)n1cc2c(n1)C(NC(=O)c1ccc3c(c1)OCC(=O)N3)CCC2. The number of benzene rings is 1. The average molecular weight is 354 g/mol. The predicted octanol–water partition coefficient (Wildman–Crippen LogP) is 2.60. The summed E-state index contributed by atoms with van der Waals surface area (Å²) in [7, 11) is 0. The van der Waals surface area contributed by atoms with E-state index < -0.39 is 0 Å². The number of rotatable bonds is 3. The van der Waals surface area contributed by atoms with Gasteiger partial charge in [0.2, 0.25) is 0 Å². The molecule has 2 heterocycles. The van der Waals surface area contributed by atoms with Crippen molar-refractivity contribution >= 4 is 17.5 Å². The van der Waals surface area contributed by atoms with Gasteiger partial charge in [0.25, 0.3) is 11.8 Å². The van der Waals surface area contributed by atoms with E-state index in [1.165, 1.54) is 5.56 Å². The third-order valence-electron chi connectivity index (χ3n) is 4.82. The first-order valence-electron chi connectivity index (χ1n) is 8.97. The molecule has 136 valence electrons. The summed E-state index contributed by atoms with van der Waals surface area (Å²) in [5.41, 5.74) is 3.29. The average Bonchev–Trinajstić information content (AvgIpc) is 3.07. The second-order valence-corrected chi connectivity index (χ2v) is 7.08. The molecule has 1 atom stereocenters. The minimum atomic E-state index is -0.190. The van der Waals surface area contributed by atoms with E-state index in [9.17, 15) is 9.59 Å². The van der Waals surface area contributed by atoms with E-state index in [-0.39, 0.29) is 24.5 Å². The van der Waals surface area contributed by atoms with Crippen molar-refractivity contribution in [3.8, 4) is 5.75 Å². The number of anilines is 1. The Morgan fingerprint density at radius 2 is 2.27 bits per heavy atom. The summed E-state index contributed by atoms with van der Waals surface area (Å²) in [5, 5.41) is 10.5. The molecule has 26 heavy (non-hydrogen) atoms. The van der Waals surface area contributed by atoms with Crippen molar-refractivity contribution in [3.05, 3.63) is 41.2 Å². The number of nitrogens with one attached hydrogen (secondary N) is 2. The van der Waals surface area contributed by atoms with E-state index in [1.54, 1.807) is 18.2 Å². The van der Waals surface area contributed by atoms with Crippen LogP contribution in [0.3, 0.4) is 0 Å². The van der Waals surface area contributed by atoms with Gasteiger partial charge in [-0.2, -0.15) is 5.10 Å². The maximum atomic E-state index is 12.7. The lowest BCUT2D eigenvalue weighted by atomic mass is 9.93. The zero-order chi connectivity index (χ0) is 18.3. The number of hydrogen-bond acceptors (Lipinski definition) is 4. The number of nitrogens with zero attached hydrogens (tertiary/aromatic N) is 2. The molecule has 2 aromatic rings. The fourth-order valence-corrected chi connectivity index (χ4v) is 3.43. The van der Waals surface area contributed by atoms with Gasteiger partial charge >= 0.3 is 0 Å². The van der Waals surface area contributed by atoms with Gasteiger partial charge in [-0.05, 0) is 56.9 Å². The predicted molar refractivity (Wildman–Crippen MR) is 96.3 cm³/mol. The molecule has 1 aliphatic carbocycles. The van der Waals surface area contributed by atoms with Gasteiger partial charge in [-0.3, -0.25) is 14.3 Å². The molecule has 2 N–H and O–H groups in total. The molecule has 0 fully saturated rings. The summed E-state index contributed by atoms with van der Waals surface area (Å²) in [6, 6.07) is 5.27. The molecule has 1 aliphatic heterocycles. The van der Waals surface area contributed by atoms with Crippen LogP contribution in [-0.2, 0) is 11.2 Å². The quantitative estimate of drug-likeness (QED) is 0.887.